The number of fused-ring (bicyclic) bond motifs is 1. The first-order chi connectivity index (χ1) is 14.2. The summed E-state index contributed by atoms with van der Waals surface area (Å²) in [5.41, 5.74) is 5.44. The Morgan fingerprint density at radius 1 is 0.759 bits per heavy atom. The van der Waals surface area contributed by atoms with Crippen LogP contribution in [0.15, 0.2) is 72.8 Å². The molecule has 0 atom stereocenters. The SMILES string of the molecule is O=C(NNC(=O)c1ccccc1Oc1ccccc1)c1ccc2c(c1)OCCO2. The molecule has 1 aliphatic heterocycles. The predicted molar refractivity (Wildman–Crippen MR) is 105 cm³/mol. The number of hydrogen-bond acceptors (Lipinski definition) is 5. The number of benzene rings is 3. The molecular formula is C22H18N2O5. The monoisotopic (exact) mass is 390 g/mol. The Morgan fingerprint density at radius 3 is 2.28 bits per heavy atom. The Morgan fingerprint density at radius 2 is 1.45 bits per heavy atom. The fourth-order valence-electron chi connectivity index (χ4n) is 2.80. The smallest absolute Gasteiger partial charge is 0.273 e. The summed E-state index contributed by atoms with van der Waals surface area (Å²) in [6.07, 6.45) is 0. The van der Waals surface area contributed by atoms with Crippen molar-refractivity contribution in [2.45, 2.75) is 0 Å². The van der Waals surface area contributed by atoms with Crippen LogP contribution in [0.2, 0.25) is 0 Å². The van der Waals surface area contributed by atoms with Gasteiger partial charge in [-0.3, -0.25) is 20.4 Å². The maximum atomic E-state index is 12.6. The number of amides is 2. The lowest BCUT2D eigenvalue weighted by Crippen LogP contribution is -2.41. The van der Waals surface area contributed by atoms with Crippen LogP contribution in [0.5, 0.6) is 23.0 Å². The van der Waals surface area contributed by atoms with Crippen molar-refractivity contribution in [3.8, 4) is 23.0 Å². The van der Waals surface area contributed by atoms with E-state index in [0.717, 1.165) is 0 Å². The number of rotatable bonds is 4. The summed E-state index contributed by atoms with van der Waals surface area (Å²) in [6.45, 7) is 0.895. The average molecular weight is 390 g/mol. The van der Waals surface area contributed by atoms with Gasteiger partial charge in [-0.2, -0.15) is 0 Å². The Labute approximate surface area is 167 Å². The summed E-state index contributed by atoms with van der Waals surface area (Å²) in [6, 6.07) is 20.7. The van der Waals surface area contributed by atoms with Crippen LogP contribution in [0, 0.1) is 0 Å². The van der Waals surface area contributed by atoms with Crippen molar-refractivity contribution in [2.75, 3.05) is 13.2 Å². The number of hydrazine groups is 1. The third kappa shape index (κ3) is 4.30. The molecule has 3 aromatic carbocycles. The zero-order chi connectivity index (χ0) is 20.1. The highest BCUT2D eigenvalue weighted by atomic mass is 16.6. The van der Waals surface area contributed by atoms with E-state index in [-0.39, 0.29) is 0 Å². The highest BCUT2D eigenvalue weighted by Crippen LogP contribution is 2.30. The highest BCUT2D eigenvalue weighted by molar-refractivity contribution is 6.00. The largest absolute Gasteiger partial charge is 0.486 e. The zero-order valence-corrected chi connectivity index (χ0v) is 15.4. The first-order valence-corrected chi connectivity index (χ1v) is 9.03. The lowest BCUT2D eigenvalue weighted by Gasteiger charge is -2.18. The van der Waals surface area contributed by atoms with Gasteiger partial charge in [-0.1, -0.05) is 30.3 Å². The third-order valence-corrected chi connectivity index (χ3v) is 4.20. The molecule has 0 spiro atoms. The number of para-hydroxylation sites is 2. The van der Waals surface area contributed by atoms with Crippen LogP contribution in [-0.4, -0.2) is 25.0 Å². The van der Waals surface area contributed by atoms with Crippen molar-refractivity contribution < 1.29 is 23.8 Å². The molecule has 1 heterocycles. The Hall–Kier alpha value is -4.00. The minimum atomic E-state index is -0.498. The van der Waals surface area contributed by atoms with Crippen molar-refractivity contribution >= 4 is 11.8 Å². The van der Waals surface area contributed by atoms with Gasteiger partial charge in [0.1, 0.15) is 24.7 Å². The molecule has 0 aliphatic carbocycles. The molecule has 7 heteroatoms. The van der Waals surface area contributed by atoms with E-state index < -0.39 is 11.8 Å². The number of carbonyl (C=O) groups is 2. The molecule has 0 unspecified atom stereocenters. The number of nitrogens with one attached hydrogen (secondary N) is 2. The van der Waals surface area contributed by atoms with Gasteiger partial charge in [0, 0.05) is 5.56 Å². The lowest BCUT2D eigenvalue weighted by atomic mass is 10.2. The van der Waals surface area contributed by atoms with E-state index in [0.29, 0.717) is 47.3 Å². The predicted octanol–water partition coefficient (Wildman–Crippen LogP) is 3.32. The van der Waals surface area contributed by atoms with Crippen molar-refractivity contribution in [3.05, 3.63) is 83.9 Å². The molecule has 3 aromatic rings. The fourth-order valence-corrected chi connectivity index (χ4v) is 2.80. The third-order valence-electron chi connectivity index (χ3n) is 4.20. The number of carbonyl (C=O) groups excluding carboxylic acids is 2. The maximum Gasteiger partial charge on any atom is 0.273 e. The second-order valence-corrected chi connectivity index (χ2v) is 6.18. The van der Waals surface area contributed by atoms with Gasteiger partial charge >= 0.3 is 0 Å². The Balaban J connectivity index is 1.43. The quantitative estimate of drug-likeness (QED) is 0.668. The summed E-state index contributed by atoms with van der Waals surface area (Å²) in [5, 5.41) is 0. The van der Waals surface area contributed by atoms with Gasteiger partial charge in [0.2, 0.25) is 0 Å². The molecule has 2 amide bonds. The van der Waals surface area contributed by atoms with Crippen molar-refractivity contribution in [1.29, 1.82) is 0 Å². The van der Waals surface area contributed by atoms with Gasteiger partial charge < -0.3 is 14.2 Å². The molecular weight excluding hydrogens is 372 g/mol. The number of ether oxygens (including phenoxy) is 3. The highest BCUT2D eigenvalue weighted by Gasteiger charge is 2.17. The summed E-state index contributed by atoms with van der Waals surface area (Å²) in [5.74, 6) is 1.10. The number of hydrogen-bond donors (Lipinski definition) is 2. The van der Waals surface area contributed by atoms with E-state index in [1.54, 1.807) is 54.6 Å². The van der Waals surface area contributed by atoms with Gasteiger partial charge in [-0.25, -0.2) is 0 Å². The van der Waals surface area contributed by atoms with E-state index in [9.17, 15) is 9.59 Å². The molecule has 0 radical (unpaired) electrons. The maximum absolute atomic E-state index is 12.6. The molecule has 4 rings (SSSR count). The van der Waals surface area contributed by atoms with Crippen LogP contribution < -0.4 is 25.1 Å². The topological polar surface area (TPSA) is 85.9 Å². The molecule has 2 N–H and O–H groups in total. The molecule has 7 nitrogen and oxygen atoms in total. The van der Waals surface area contributed by atoms with Crippen molar-refractivity contribution in [3.63, 3.8) is 0 Å². The van der Waals surface area contributed by atoms with Gasteiger partial charge in [0.25, 0.3) is 11.8 Å². The zero-order valence-electron chi connectivity index (χ0n) is 15.4. The first-order valence-electron chi connectivity index (χ1n) is 9.03. The van der Waals surface area contributed by atoms with Crippen LogP contribution >= 0.6 is 0 Å². The normalized spacial score (nSPS) is 12.0. The lowest BCUT2D eigenvalue weighted by molar-refractivity contribution is 0.0844. The van der Waals surface area contributed by atoms with E-state index in [2.05, 4.69) is 10.9 Å². The average Bonchev–Trinajstić information content (AvgIpc) is 2.78. The molecule has 1 aliphatic rings. The fraction of sp³-hybridized carbons (Fsp3) is 0.0909. The van der Waals surface area contributed by atoms with Crippen LogP contribution in [-0.2, 0) is 0 Å². The summed E-state index contributed by atoms with van der Waals surface area (Å²) < 4.78 is 16.7. The molecule has 0 saturated carbocycles. The van der Waals surface area contributed by atoms with Crippen molar-refractivity contribution in [1.82, 2.24) is 10.9 Å². The molecule has 29 heavy (non-hydrogen) atoms. The van der Waals surface area contributed by atoms with E-state index in [1.165, 1.54) is 0 Å². The summed E-state index contributed by atoms with van der Waals surface area (Å²) in [4.78, 5) is 25.0. The van der Waals surface area contributed by atoms with Crippen LogP contribution in [0.1, 0.15) is 20.7 Å². The second kappa shape index (κ2) is 8.35. The van der Waals surface area contributed by atoms with Crippen LogP contribution in [0.4, 0.5) is 0 Å². The minimum absolute atomic E-state index is 0.291. The molecule has 0 fully saturated rings. The first kappa shape index (κ1) is 18.4. The molecule has 146 valence electrons. The summed E-state index contributed by atoms with van der Waals surface area (Å²) >= 11 is 0. The van der Waals surface area contributed by atoms with E-state index >= 15 is 0 Å². The van der Waals surface area contributed by atoms with Crippen LogP contribution in [0.25, 0.3) is 0 Å². The molecule has 0 bridgehead atoms. The second-order valence-electron chi connectivity index (χ2n) is 6.18. The van der Waals surface area contributed by atoms with E-state index in [1.807, 2.05) is 18.2 Å². The van der Waals surface area contributed by atoms with Gasteiger partial charge in [0.05, 0.1) is 5.56 Å². The van der Waals surface area contributed by atoms with Gasteiger partial charge in [-0.05, 0) is 42.5 Å². The van der Waals surface area contributed by atoms with E-state index in [4.69, 9.17) is 14.2 Å². The van der Waals surface area contributed by atoms with Gasteiger partial charge in [-0.15, -0.1) is 0 Å². The standard InChI is InChI=1S/C22H18N2O5/c25-21(15-10-11-19-20(14-15)28-13-12-27-19)23-24-22(26)17-8-4-5-9-18(17)29-16-6-2-1-3-7-16/h1-11,14H,12-13H2,(H,23,25)(H,24,26). The van der Waals surface area contributed by atoms with Crippen molar-refractivity contribution in [2.24, 2.45) is 0 Å². The Kier molecular flexibility index (Phi) is 5.29. The van der Waals surface area contributed by atoms with Gasteiger partial charge in [0.15, 0.2) is 11.5 Å². The molecule has 0 saturated heterocycles. The summed E-state index contributed by atoms with van der Waals surface area (Å²) in [7, 11) is 0. The molecule has 0 aromatic heterocycles. The van der Waals surface area contributed by atoms with Crippen LogP contribution in [0.3, 0.4) is 0 Å². The Bertz CT molecular complexity index is 1040. The minimum Gasteiger partial charge on any atom is -0.486 e.